The third-order valence-corrected chi connectivity index (χ3v) is 1.26. The van der Waals surface area contributed by atoms with Crippen molar-refractivity contribution >= 4 is 0 Å². The Morgan fingerprint density at radius 1 is 2.00 bits per heavy atom. The van der Waals surface area contributed by atoms with Gasteiger partial charge in [0.1, 0.15) is 0 Å². The molecule has 38 valence electrons. The second-order valence-corrected chi connectivity index (χ2v) is 1.94. The van der Waals surface area contributed by atoms with Crippen molar-refractivity contribution < 1.29 is 0 Å². The van der Waals surface area contributed by atoms with Crippen molar-refractivity contribution in [3.8, 4) is 6.07 Å². The van der Waals surface area contributed by atoms with Crippen LogP contribution in [0.25, 0.3) is 0 Å². The average molecular weight is 96.1 g/mol. The Hall–Kier alpha value is -0.550. The van der Waals surface area contributed by atoms with E-state index in [0.717, 1.165) is 6.54 Å². The van der Waals surface area contributed by atoms with Crippen molar-refractivity contribution in [2.75, 3.05) is 13.1 Å². The third-order valence-electron chi connectivity index (χ3n) is 1.26. The summed E-state index contributed by atoms with van der Waals surface area (Å²) in [5.41, 5.74) is 0. The van der Waals surface area contributed by atoms with Gasteiger partial charge in [0.05, 0.1) is 12.6 Å². The summed E-state index contributed by atoms with van der Waals surface area (Å²) in [4.78, 5) is 2.11. The van der Waals surface area contributed by atoms with E-state index in [1.54, 1.807) is 0 Å². The normalized spacial score (nSPS) is 37.1. The Labute approximate surface area is 43.3 Å². The summed E-state index contributed by atoms with van der Waals surface area (Å²) in [5.74, 6) is 0. The molecule has 0 saturated carbocycles. The van der Waals surface area contributed by atoms with Crippen LogP contribution in [0.5, 0.6) is 0 Å². The molecule has 2 heteroatoms. The van der Waals surface area contributed by atoms with Gasteiger partial charge in [0.2, 0.25) is 0 Å². The van der Waals surface area contributed by atoms with Gasteiger partial charge in [-0.15, -0.1) is 0 Å². The zero-order chi connectivity index (χ0) is 5.28. The summed E-state index contributed by atoms with van der Waals surface area (Å²) >= 11 is 0. The van der Waals surface area contributed by atoms with Crippen LogP contribution in [0.15, 0.2) is 0 Å². The van der Waals surface area contributed by atoms with Crippen LogP contribution < -0.4 is 0 Å². The summed E-state index contributed by atoms with van der Waals surface area (Å²) in [5, 5.41) is 8.10. The van der Waals surface area contributed by atoms with Crippen molar-refractivity contribution in [2.45, 2.75) is 13.0 Å². The fourth-order valence-electron chi connectivity index (χ4n) is 0.603. The minimum absolute atomic E-state index is 0.612. The van der Waals surface area contributed by atoms with Gasteiger partial charge >= 0.3 is 0 Å². The van der Waals surface area contributed by atoms with E-state index in [9.17, 15) is 0 Å². The molecule has 1 heterocycles. The summed E-state index contributed by atoms with van der Waals surface area (Å²) in [6.07, 6.45) is 0. The number of nitriles is 1. The second kappa shape index (κ2) is 1.51. The van der Waals surface area contributed by atoms with Crippen LogP contribution in [0.3, 0.4) is 0 Å². The lowest BCUT2D eigenvalue weighted by molar-refractivity contribution is 0.585. The van der Waals surface area contributed by atoms with Crippen LogP contribution in [0.2, 0.25) is 0 Å². The molecule has 2 nitrogen and oxygen atoms in total. The highest BCUT2D eigenvalue weighted by atomic mass is 15.3. The van der Waals surface area contributed by atoms with Gasteiger partial charge in [-0.1, -0.05) is 0 Å². The smallest absolute Gasteiger partial charge is 0.0869 e. The summed E-state index contributed by atoms with van der Waals surface area (Å²) in [7, 11) is 0. The molecule has 2 atom stereocenters. The molecule has 2 unspecified atom stereocenters. The molecule has 1 saturated heterocycles. The zero-order valence-corrected chi connectivity index (χ0v) is 4.39. The van der Waals surface area contributed by atoms with Crippen molar-refractivity contribution in [3.63, 3.8) is 0 Å². The SMILES string of the molecule is CC1CN1CC#N. The third kappa shape index (κ3) is 0.908. The molecule has 7 heavy (non-hydrogen) atoms. The minimum Gasteiger partial charge on any atom is -0.285 e. The molecule has 0 aromatic carbocycles. The maximum atomic E-state index is 8.10. The molecular formula is C5H8N2. The van der Waals surface area contributed by atoms with Crippen LogP contribution in [0, 0.1) is 11.3 Å². The van der Waals surface area contributed by atoms with Gasteiger partial charge in [-0.2, -0.15) is 5.26 Å². The van der Waals surface area contributed by atoms with E-state index < -0.39 is 0 Å². The Balaban J connectivity index is 2.12. The molecule has 0 amide bonds. The zero-order valence-electron chi connectivity index (χ0n) is 4.39. The van der Waals surface area contributed by atoms with Crippen molar-refractivity contribution in [3.05, 3.63) is 0 Å². The molecule has 1 rings (SSSR count). The summed E-state index contributed by atoms with van der Waals surface area (Å²) in [6, 6.07) is 2.77. The largest absolute Gasteiger partial charge is 0.285 e. The highest BCUT2D eigenvalue weighted by molar-refractivity contribution is 4.91. The van der Waals surface area contributed by atoms with Crippen LogP contribution in [-0.2, 0) is 0 Å². The van der Waals surface area contributed by atoms with Crippen LogP contribution in [0.1, 0.15) is 6.92 Å². The molecule has 1 aliphatic heterocycles. The van der Waals surface area contributed by atoms with Gasteiger partial charge in [0, 0.05) is 12.6 Å². The van der Waals surface area contributed by atoms with Crippen molar-refractivity contribution in [1.29, 1.82) is 5.26 Å². The predicted octanol–water partition coefficient (Wildman–Crippen LogP) is 0.214. The van der Waals surface area contributed by atoms with Crippen molar-refractivity contribution in [2.24, 2.45) is 0 Å². The van der Waals surface area contributed by atoms with Crippen LogP contribution >= 0.6 is 0 Å². The monoisotopic (exact) mass is 96.1 g/mol. The highest BCUT2D eigenvalue weighted by Crippen LogP contribution is 2.13. The maximum Gasteiger partial charge on any atom is 0.0869 e. The topological polar surface area (TPSA) is 26.8 Å². The van der Waals surface area contributed by atoms with E-state index in [2.05, 4.69) is 17.9 Å². The van der Waals surface area contributed by atoms with Gasteiger partial charge in [0.25, 0.3) is 0 Å². The molecule has 0 aromatic heterocycles. The molecular weight excluding hydrogens is 88.1 g/mol. The van der Waals surface area contributed by atoms with Gasteiger partial charge < -0.3 is 0 Å². The molecule has 1 fully saturated rings. The lowest BCUT2D eigenvalue weighted by Gasteiger charge is -1.84. The minimum atomic E-state index is 0.612. The Morgan fingerprint density at radius 3 is 2.71 bits per heavy atom. The highest BCUT2D eigenvalue weighted by Gasteiger charge is 2.27. The summed E-state index contributed by atoms with van der Waals surface area (Å²) in [6.45, 7) is 3.85. The van der Waals surface area contributed by atoms with Gasteiger partial charge in [-0.3, -0.25) is 4.90 Å². The van der Waals surface area contributed by atoms with E-state index in [-0.39, 0.29) is 0 Å². The van der Waals surface area contributed by atoms with Gasteiger partial charge in [0.15, 0.2) is 0 Å². The summed E-state index contributed by atoms with van der Waals surface area (Å²) < 4.78 is 0. The van der Waals surface area contributed by atoms with Crippen molar-refractivity contribution in [1.82, 2.24) is 4.90 Å². The van der Waals surface area contributed by atoms with E-state index in [1.807, 2.05) is 0 Å². The first kappa shape index (κ1) is 4.61. The quantitative estimate of drug-likeness (QED) is 0.344. The number of hydrogen-bond donors (Lipinski definition) is 0. The number of rotatable bonds is 1. The molecule has 0 radical (unpaired) electrons. The maximum absolute atomic E-state index is 8.10. The Kier molecular flexibility index (Phi) is 0.994. The number of nitrogens with zero attached hydrogens (tertiary/aromatic N) is 2. The van der Waals surface area contributed by atoms with Crippen LogP contribution in [0.4, 0.5) is 0 Å². The lowest BCUT2D eigenvalue weighted by atomic mass is 10.6. The predicted molar refractivity (Wildman–Crippen MR) is 26.6 cm³/mol. The molecule has 0 N–H and O–H groups in total. The molecule has 1 aliphatic rings. The molecule has 0 spiro atoms. The molecule has 0 bridgehead atoms. The first-order chi connectivity index (χ1) is 3.34. The fourth-order valence-corrected chi connectivity index (χ4v) is 0.603. The molecule has 0 aromatic rings. The average Bonchev–Trinajstić information content (AvgIpc) is 2.22. The number of hydrogen-bond acceptors (Lipinski definition) is 2. The van der Waals surface area contributed by atoms with E-state index >= 15 is 0 Å². The first-order valence-electron chi connectivity index (χ1n) is 2.45. The standard InChI is InChI=1S/C5H8N2/c1-5-4-7(5)3-2-6/h5H,3-4H2,1H3. The first-order valence-corrected chi connectivity index (χ1v) is 2.45. The lowest BCUT2D eigenvalue weighted by Crippen LogP contribution is -1.97. The van der Waals surface area contributed by atoms with E-state index in [1.165, 1.54) is 0 Å². The van der Waals surface area contributed by atoms with Gasteiger partial charge in [-0.25, -0.2) is 0 Å². The fraction of sp³-hybridized carbons (Fsp3) is 0.800. The van der Waals surface area contributed by atoms with Gasteiger partial charge in [-0.05, 0) is 6.92 Å². The Morgan fingerprint density at radius 2 is 2.57 bits per heavy atom. The van der Waals surface area contributed by atoms with E-state index in [4.69, 9.17) is 5.26 Å². The Bertz CT molecular complexity index is 103. The second-order valence-electron chi connectivity index (χ2n) is 1.94. The molecule has 0 aliphatic carbocycles. The van der Waals surface area contributed by atoms with E-state index in [0.29, 0.717) is 12.6 Å². The van der Waals surface area contributed by atoms with Crippen LogP contribution in [-0.4, -0.2) is 24.0 Å².